The smallest absolute Gasteiger partial charge is 0.160 e. The first-order valence-corrected chi connectivity index (χ1v) is 15.2. The lowest BCUT2D eigenvalue weighted by Gasteiger charge is -2.25. The predicted molar refractivity (Wildman–Crippen MR) is 133 cm³/mol. The number of allylic oxidation sites excluding steroid dienone is 3. The molecule has 1 unspecified atom stereocenters. The number of hydrazine groups is 1. The Morgan fingerprint density at radius 1 is 1.23 bits per heavy atom. The maximum atomic E-state index is 6.01. The summed E-state index contributed by atoms with van der Waals surface area (Å²) in [5.41, 5.74) is 5.48. The summed E-state index contributed by atoms with van der Waals surface area (Å²) in [5, 5.41) is 2.06. The van der Waals surface area contributed by atoms with Crippen LogP contribution < -0.4 is 5.43 Å². The van der Waals surface area contributed by atoms with Crippen LogP contribution in [0.4, 0.5) is 0 Å². The third-order valence-corrected chi connectivity index (χ3v) is 7.92. The molecule has 0 fully saturated rings. The van der Waals surface area contributed by atoms with Crippen molar-refractivity contribution in [3.05, 3.63) is 59.0 Å². The molecular formula is C23H31N5OSSi. The van der Waals surface area contributed by atoms with E-state index in [0.29, 0.717) is 6.73 Å². The van der Waals surface area contributed by atoms with Gasteiger partial charge in [-0.15, -0.1) is 11.3 Å². The molecule has 0 aliphatic carbocycles. The molecule has 0 aromatic carbocycles. The number of rotatable bonds is 8. The van der Waals surface area contributed by atoms with Crippen molar-refractivity contribution in [1.29, 1.82) is 0 Å². The van der Waals surface area contributed by atoms with E-state index in [9.17, 15) is 0 Å². The Morgan fingerprint density at radius 2 is 2.06 bits per heavy atom. The highest BCUT2D eigenvalue weighted by Gasteiger charge is 2.24. The number of imidazole rings is 1. The number of aryl methyl sites for hydroxylation is 1. The summed E-state index contributed by atoms with van der Waals surface area (Å²) in [6, 6.07) is 5.42. The molecule has 2 aromatic rings. The molecule has 0 bridgehead atoms. The van der Waals surface area contributed by atoms with Crippen molar-refractivity contribution in [3.8, 4) is 10.6 Å². The standard InChI is InChI=1S/C23H31N5OSSi/c1-17-7-6-8-23-25-21(26-28(17)23)11-12-22-24-19(20-10-9-18(2)30-20)15-27(22)16-29-13-14-31(3,4)5/h6-12,15,23H,13-14,16H2,1-5H3,(H,25,26)/b12-11-. The normalized spacial score (nSPS) is 18.4. The van der Waals surface area contributed by atoms with Gasteiger partial charge in [0.2, 0.25) is 0 Å². The number of amidine groups is 1. The topological polar surface area (TPSA) is 54.7 Å². The van der Waals surface area contributed by atoms with Crippen LogP contribution in [0.1, 0.15) is 17.6 Å². The number of fused-ring (bicyclic) bond motifs is 1. The minimum atomic E-state index is -1.11. The van der Waals surface area contributed by atoms with Crippen LogP contribution in [-0.4, -0.2) is 41.2 Å². The van der Waals surface area contributed by atoms with Gasteiger partial charge in [-0.05, 0) is 56.3 Å². The number of thiophene rings is 1. The van der Waals surface area contributed by atoms with Crippen LogP contribution in [0.25, 0.3) is 16.6 Å². The van der Waals surface area contributed by atoms with Gasteiger partial charge in [0.15, 0.2) is 6.17 Å². The first kappa shape index (κ1) is 21.8. The Labute approximate surface area is 189 Å². The fourth-order valence-electron chi connectivity index (χ4n) is 3.35. The zero-order valence-corrected chi connectivity index (χ0v) is 20.7. The van der Waals surface area contributed by atoms with Crippen LogP contribution in [0, 0.1) is 6.92 Å². The average molecular weight is 454 g/mol. The molecule has 8 heteroatoms. The first-order chi connectivity index (χ1) is 14.8. The fourth-order valence-corrected chi connectivity index (χ4v) is 4.93. The van der Waals surface area contributed by atoms with E-state index in [2.05, 4.69) is 79.0 Å². The number of nitrogens with zero attached hydrogens (tertiary/aromatic N) is 4. The van der Waals surface area contributed by atoms with Crippen molar-refractivity contribution < 1.29 is 4.74 Å². The molecule has 4 rings (SSSR count). The molecule has 1 N–H and O–H groups in total. The zero-order chi connectivity index (χ0) is 22.0. The summed E-state index contributed by atoms with van der Waals surface area (Å²) in [5.74, 6) is 1.69. The van der Waals surface area contributed by atoms with Crippen molar-refractivity contribution in [2.75, 3.05) is 6.61 Å². The third kappa shape index (κ3) is 5.44. The minimum Gasteiger partial charge on any atom is -0.361 e. The van der Waals surface area contributed by atoms with Crippen LogP contribution in [-0.2, 0) is 11.5 Å². The molecule has 6 nitrogen and oxygen atoms in total. The van der Waals surface area contributed by atoms with Crippen LogP contribution >= 0.6 is 11.3 Å². The SMILES string of the molecule is CC1=CC=CC2N=C(/C=C\c3nc(-c4ccc(C)s4)cn3COCC[Si](C)(C)C)NN12. The summed E-state index contributed by atoms with van der Waals surface area (Å²) in [7, 11) is -1.11. The first-order valence-electron chi connectivity index (χ1n) is 10.7. The highest BCUT2D eigenvalue weighted by atomic mass is 32.1. The summed E-state index contributed by atoms with van der Waals surface area (Å²) in [6.07, 6.45) is 12.3. The monoisotopic (exact) mass is 453 g/mol. The van der Waals surface area contributed by atoms with Gasteiger partial charge >= 0.3 is 0 Å². The number of nitrogens with one attached hydrogen (secondary N) is 1. The van der Waals surface area contributed by atoms with E-state index >= 15 is 0 Å². The molecule has 0 spiro atoms. The Hall–Kier alpha value is -2.42. The van der Waals surface area contributed by atoms with Crippen LogP contribution in [0.15, 0.2) is 53.3 Å². The second-order valence-corrected chi connectivity index (χ2v) is 16.1. The van der Waals surface area contributed by atoms with Crippen LogP contribution in [0.5, 0.6) is 0 Å². The van der Waals surface area contributed by atoms with Gasteiger partial charge in [0, 0.05) is 31.5 Å². The lowest BCUT2D eigenvalue weighted by atomic mass is 10.2. The summed E-state index contributed by atoms with van der Waals surface area (Å²) in [4.78, 5) is 12.1. The quantitative estimate of drug-likeness (QED) is 0.437. The Morgan fingerprint density at radius 3 is 2.77 bits per heavy atom. The van der Waals surface area contributed by atoms with E-state index < -0.39 is 8.07 Å². The second-order valence-electron chi connectivity index (χ2n) is 9.15. The summed E-state index contributed by atoms with van der Waals surface area (Å²) in [6.45, 7) is 12.6. The molecule has 2 aliphatic heterocycles. The Balaban J connectivity index is 1.51. The van der Waals surface area contributed by atoms with Crippen molar-refractivity contribution in [2.24, 2.45) is 4.99 Å². The number of ether oxygens (including phenoxy) is 1. The molecule has 0 saturated heterocycles. The van der Waals surface area contributed by atoms with E-state index in [-0.39, 0.29) is 6.17 Å². The van der Waals surface area contributed by atoms with E-state index in [4.69, 9.17) is 14.7 Å². The van der Waals surface area contributed by atoms with Gasteiger partial charge in [-0.3, -0.25) is 10.4 Å². The third-order valence-electron chi connectivity index (χ3n) is 5.19. The predicted octanol–water partition coefficient (Wildman–Crippen LogP) is 5.26. The Kier molecular flexibility index (Phi) is 6.31. The fraction of sp³-hybridized carbons (Fsp3) is 0.391. The lowest BCUT2D eigenvalue weighted by molar-refractivity contribution is 0.0867. The maximum absolute atomic E-state index is 6.01. The number of aliphatic imine (C=N–C) groups is 1. The van der Waals surface area contributed by atoms with Crippen molar-refractivity contribution in [1.82, 2.24) is 20.0 Å². The van der Waals surface area contributed by atoms with Gasteiger partial charge < -0.3 is 9.30 Å². The molecule has 1 atom stereocenters. The molecule has 164 valence electrons. The number of aromatic nitrogens is 2. The van der Waals surface area contributed by atoms with Gasteiger partial charge in [0.1, 0.15) is 18.4 Å². The molecule has 4 heterocycles. The van der Waals surface area contributed by atoms with E-state index in [1.54, 1.807) is 11.3 Å². The summed E-state index contributed by atoms with van der Waals surface area (Å²) >= 11 is 1.76. The highest BCUT2D eigenvalue weighted by Crippen LogP contribution is 2.27. The molecule has 0 saturated carbocycles. The van der Waals surface area contributed by atoms with Crippen LogP contribution in [0.3, 0.4) is 0 Å². The number of hydrogen-bond acceptors (Lipinski definition) is 6. The van der Waals surface area contributed by atoms with Crippen molar-refractivity contribution in [3.63, 3.8) is 0 Å². The lowest BCUT2D eigenvalue weighted by Crippen LogP contribution is -2.39. The minimum absolute atomic E-state index is 0.0129. The van der Waals surface area contributed by atoms with Crippen molar-refractivity contribution in [2.45, 2.75) is 52.4 Å². The molecular weight excluding hydrogens is 422 g/mol. The number of hydrogen-bond donors (Lipinski definition) is 1. The highest BCUT2D eigenvalue weighted by molar-refractivity contribution is 7.15. The van der Waals surface area contributed by atoms with Crippen molar-refractivity contribution >= 4 is 31.3 Å². The van der Waals surface area contributed by atoms with Gasteiger partial charge in [0.05, 0.1) is 10.6 Å². The van der Waals surface area contributed by atoms with Gasteiger partial charge in [0.25, 0.3) is 0 Å². The average Bonchev–Trinajstić information content (AvgIpc) is 3.41. The molecule has 0 radical (unpaired) electrons. The molecule has 0 amide bonds. The van der Waals surface area contributed by atoms with E-state index in [1.807, 2.05) is 18.2 Å². The largest absolute Gasteiger partial charge is 0.361 e. The van der Waals surface area contributed by atoms with E-state index in [0.717, 1.165) is 35.7 Å². The molecule has 31 heavy (non-hydrogen) atoms. The van der Waals surface area contributed by atoms with Gasteiger partial charge in [-0.25, -0.2) is 9.98 Å². The zero-order valence-electron chi connectivity index (χ0n) is 18.9. The summed E-state index contributed by atoms with van der Waals surface area (Å²) < 4.78 is 8.09. The second kappa shape index (κ2) is 8.98. The van der Waals surface area contributed by atoms with Crippen LogP contribution in [0.2, 0.25) is 25.7 Å². The molecule has 2 aliphatic rings. The Bertz CT molecular complexity index is 1060. The van der Waals surface area contributed by atoms with E-state index in [1.165, 1.54) is 9.75 Å². The molecule has 2 aromatic heterocycles. The van der Waals surface area contributed by atoms with Gasteiger partial charge in [-0.2, -0.15) is 0 Å². The van der Waals surface area contributed by atoms with Gasteiger partial charge in [-0.1, -0.05) is 25.7 Å². The maximum Gasteiger partial charge on any atom is 0.160 e.